The highest BCUT2D eigenvalue weighted by molar-refractivity contribution is 7.46. The van der Waals surface area contributed by atoms with Gasteiger partial charge in [-0.3, -0.25) is 9.05 Å². The van der Waals surface area contributed by atoms with E-state index in [2.05, 4.69) is 76.7 Å². The number of hydrogen-bond donors (Lipinski definition) is 8. The van der Waals surface area contributed by atoms with E-state index in [1.54, 1.807) is 0 Å². The third-order valence-electron chi connectivity index (χ3n) is 6.58. The summed E-state index contributed by atoms with van der Waals surface area (Å²) in [5.41, 5.74) is -2.03. The smallest absolute Gasteiger partial charge is 0.317 e. The molecule has 4 bridgehead atoms. The maximum atomic E-state index is 11.2. The van der Waals surface area contributed by atoms with Crippen molar-refractivity contribution in [2.45, 2.75) is 105 Å². The van der Waals surface area contributed by atoms with Crippen molar-refractivity contribution < 1.29 is 37.8 Å². The van der Waals surface area contributed by atoms with Crippen LogP contribution < -0.4 is 21.3 Å². The molecule has 40 heavy (non-hydrogen) atoms. The monoisotopic (exact) mass is 620 g/mol. The van der Waals surface area contributed by atoms with Gasteiger partial charge in [0.25, 0.3) is 0 Å². The van der Waals surface area contributed by atoms with Gasteiger partial charge >= 0.3 is 15.6 Å². The van der Waals surface area contributed by atoms with Crippen LogP contribution in [0, 0.1) is 11.8 Å². The first-order chi connectivity index (χ1) is 18.6. The molecule has 0 aromatic rings. The van der Waals surface area contributed by atoms with Crippen molar-refractivity contribution in [3.63, 3.8) is 0 Å². The van der Waals surface area contributed by atoms with E-state index in [1.165, 1.54) is 0 Å². The Labute approximate surface area is 244 Å². The minimum Gasteiger partial charge on any atom is -0.317 e. The molecule has 0 unspecified atom stereocenters. The molecule has 12 nitrogen and oxygen atoms in total. The molecule has 4 fully saturated rings. The van der Waals surface area contributed by atoms with Crippen LogP contribution in [0.2, 0.25) is 0 Å². The fourth-order valence-electron chi connectivity index (χ4n) is 5.81. The van der Waals surface area contributed by atoms with Crippen molar-refractivity contribution >= 4 is 15.6 Å². The third kappa shape index (κ3) is 20.9. The second kappa shape index (κ2) is 22.6. The number of hydrogen-bond acceptors (Lipinski definition) is 8. The largest absolute Gasteiger partial charge is 0.470 e. The zero-order valence-corrected chi connectivity index (χ0v) is 28.2. The molecular formula is C26H62N4O8P2. The van der Waals surface area contributed by atoms with Gasteiger partial charge in [0.05, 0.1) is 11.2 Å². The van der Waals surface area contributed by atoms with E-state index in [4.69, 9.17) is 28.6 Å². The summed E-state index contributed by atoms with van der Waals surface area (Å²) in [6.45, 7) is 25.6. The average Bonchev–Trinajstić information content (AvgIpc) is 2.79. The average molecular weight is 621 g/mol. The summed E-state index contributed by atoms with van der Waals surface area (Å²) in [7, 11) is -9.29. The molecule has 4 rings (SSSR count). The maximum Gasteiger partial charge on any atom is 0.470 e. The van der Waals surface area contributed by atoms with Gasteiger partial charge < -0.3 is 40.8 Å². The Kier molecular flexibility index (Phi) is 23.8. The summed E-state index contributed by atoms with van der Waals surface area (Å²) in [5, 5.41) is 12.4. The zero-order valence-electron chi connectivity index (χ0n) is 26.4. The number of phosphoric acid groups is 2. The second-order valence-corrected chi connectivity index (χ2v) is 12.6. The number of rotatable bonds is 12. The summed E-state index contributed by atoms with van der Waals surface area (Å²) in [5.74, 6) is 0.267. The van der Waals surface area contributed by atoms with E-state index in [9.17, 15) is 9.13 Å². The lowest BCUT2D eigenvalue weighted by atomic mass is 9.52. The fourth-order valence-corrected chi connectivity index (χ4v) is 7.25. The minimum absolute atomic E-state index is 0.128. The molecule has 0 radical (unpaired) electrons. The molecule has 0 spiro atoms. The predicted molar refractivity (Wildman–Crippen MR) is 163 cm³/mol. The van der Waals surface area contributed by atoms with Crippen molar-refractivity contribution in [1.82, 2.24) is 21.3 Å². The lowest BCUT2D eigenvalue weighted by Gasteiger charge is -2.60. The normalized spacial score (nSPS) is 26.2. The number of phosphoric ester groups is 2. The van der Waals surface area contributed by atoms with Crippen molar-refractivity contribution in [3.05, 3.63) is 0 Å². The molecular weight excluding hydrogens is 558 g/mol. The molecule has 4 saturated carbocycles. The first-order valence-corrected chi connectivity index (χ1v) is 18.1. The molecule has 0 atom stereocenters. The molecule has 0 aromatic heterocycles. The molecule has 0 aromatic carbocycles. The molecule has 8 N–H and O–H groups in total. The summed E-state index contributed by atoms with van der Waals surface area (Å²) >= 11 is 0. The van der Waals surface area contributed by atoms with E-state index in [0.29, 0.717) is 25.7 Å². The van der Waals surface area contributed by atoms with Gasteiger partial charge in [-0.05, 0) is 96.3 Å². The van der Waals surface area contributed by atoms with Crippen molar-refractivity contribution in [1.29, 1.82) is 0 Å². The van der Waals surface area contributed by atoms with Gasteiger partial charge in [0, 0.05) is 6.42 Å². The van der Waals surface area contributed by atoms with Gasteiger partial charge in [-0.1, -0.05) is 55.4 Å². The number of nitrogens with one attached hydrogen (secondary N) is 4. The summed E-state index contributed by atoms with van der Waals surface area (Å²) in [4.78, 5) is 36.4. The van der Waals surface area contributed by atoms with E-state index < -0.39 is 26.8 Å². The van der Waals surface area contributed by atoms with Crippen LogP contribution in [0.1, 0.15) is 93.9 Å². The summed E-state index contributed by atoms with van der Waals surface area (Å²) < 4.78 is 32.4. The van der Waals surface area contributed by atoms with Gasteiger partial charge in [0.15, 0.2) is 0 Å². The molecule has 4 aliphatic rings. The van der Waals surface area contributed by atoms with E-state index in [0.717, 1.165) is 58.8 Å². The first kappa shape index (κ1) is 42.2. The quantitative estimate of drug-likeness (QED) is 0.148. The van der Waals surface area contributed by atoms with E-state index in [1.807, 2.05) is 0 Å². The summed E-state index contributed by atoms with van der Waals surface area (Å²) in [6, 6.07) is 0. The van der Waals surface area contributed by atoms with Crippen molar-refractivity contribution in [2.75, 3.05) is 52.4 Å². The lowest BCUT2D eigenvalue weighted by Crippen LogP contribution is -2.60. The van der Waals surface area contributed by atoms with E-state index in [-0.39, 0.29) is 18.3 Å². The lowest BCUT2D eigenvalue weighted by molar-refractivity contribution is -0.186. The highest BCUT2D eigenvalue weighted by atomic mass is 31.2. The van der Waals surface area contributed by atoms with Crippen LogP contribution in [0.3, 0.4) is 0 Å². The molecule has 0 amide bonds. The van der Waals surface area contributed by atoms with Gasteiger partial charge in [-0.25, -0.2) is 9.13 Å². The van der Waals surface area contributed by atoms with Crippen LogP contribution in [0.15, 0.2) is 0 Å². The van der Waals surface area contributed by atoms with Gasteiger partial charge in [0.1, 0.15) is 0 Å². The van der Waals surface area contributed by atoms with E-state index >= 15 is 0 Å². The van der Waals surface area contributed by atoms with Gasteiger partial charge in [0.2, 0.25) is 0 Å². The van der Waals surface area contributed by atoms with Crippen LogP contribution in [0.5, 0.6) is 0 Å². The predicted octanol–water partition coefficient (Wildman–Crippen LogP) is 3.76. The van der Waals surface area contributed by atoms with Crippen LogP contribution in [0.25, 0.3) is 0 Å². The molecule has 0 aliphatic heterocycles. The Morgan fingerprint density at radius 3 is 0.925 bits per heavy atom. The third-order valence-corrected chi connectivity index (χ3v) is 7.83. The van der Waals surface area contributed by atoms with Crippen LogP contribution in [-0.4, -0.2) is 83.1 Å². The molecule has 0 saturated heterocycles. The van der Waals surface area contributed by atoms with Gasteiger partial charge in [-0.2, -0.15) is 0 Å². The highest BCUT2D eigenvalue weighted by Crippen LogP contribution is 2.65. The zero-order chi connectivity index (χ0) is 31.3. The topological polar surface area (TPSA) is 182 Å². The van der Waals surface area contributed by atoms with Gasteiger partial charge in [-0.15, -0.1) is 0 Å². The van der Waals surface area contributed by atoms with Crippen molar-refractivity contribution in [3.8, 4) is 0 Å². The molecule has 4 aliphatic carbocycles. The van der Waals surface area contributed by atoms with Crippen LogP contribution >= 0.6 is 15.6 Å². The molecule has 244 valence electrons. The highest BCUT2D eigenvalue weighted by Gasteiger charge is 2.62. The standard InChI is InChI=1S/C10H18O8P2.4C4H11N/c11-19(12,13)17-9-2-7-1-8(4-9)5-10(3-7,6-9)18-20(14,15)16;4*1-3-5-4-2/h7-8H,1-6H2,(H2,11,12,13)(H2,14,15,16);4*5H,3-4H2,1-2H3. The summed E-state index contributed by atoms with van der Waals surface area (Å²) in [6.07, 6.45) is 3.09. The maximum absolute atomic E-state index is 11.2. The Morgan fingerprint density at radius 1 is 0.550 bits per heavy atom. The molecule has 0 heterocycles. The SMILES string of the molecule is CCNCC.CCNCC.CCNCC.CCNCC.O=P(O)(O)OC12CC3CC(C1)CC(OP(=O)(O)O)(C3)C2. The Hall–Kier alpha value is 0.0600. The second-order valence-electron chi connectivity index (χ2n) is 10.3. The van der Waals surface area contributed by atoms with Crippen molar-refractivity contribution in [2.24, 2.45) is 11.8 Å². The minimum atomic E-state index is -4.65. The van der Waals surface area contributed by atoms with Crippen LogP contribution in [0.4, 0.5) is 0 Å². The molecule has 14 heteroatoms. The Balaban J connectivity index is 0. The van der Waals surface area contributed by atoms with Crippen LogP contribution in [-0.2, 0) is 18.2 Å². The Bertz CT molecular complexity index is 620. The first-order valence-electron chi connectivity index (χ1n) is 15.0. The Morgan fingerprint density at radius 2 is 0.775 bits per heavy atom. The fraction of sp³-hybridized carbons (Fsp3) is 1.00.